The molecule has 1 aromatic carbocycles. The van der Waals surface area contributed by atoms with E-state index >= 15 is 0 Å². The molecule has 0 N–H and O–H groups in total. The van der Waals surface area contributed by atoms with E-state index in [-0.39, 0.29) is 0 Å². The normalized spacial score (nSPS) is 26.2. The molecule has 116 valence electrons. The van der Waals surface area contributed by atoms with Crippen LogP contribution in [0.4, 0.5) is 0 Å². The van der Waals surface area contributed by atoms with E-state index in [1.165, 1.54) is 31.7 Å². The number of likely N-dealkylation sites (tertiary alicyclic amines) is 2. The Labute approximate surface area is 127 Å². The molecule has 0 aliphatic carbocycles. The van der Waals surface area contributed by atoms with Crippen molar-refractivity contribution in [2.45, 2.75) is 13.2 Å². The van der Waals surface area contributed by atoms with Gasteiger partial charge in [-0.1, -0.05) is 6.07 Å². The molecule has 2 saturated heterocycles. The van der Waals surface area contributed by atoms with Crippen LogP contribution in [-0.4, -0.2) is 57.2 Å². The van der Waals surface area contributed by atoms with Crippen LogP contribution in [0, 0.1) is 11.8 Å². The third kappa shape index (κ3) is 3.23. The van der Waals surface area contributed by atoms with Crippen molar-refractivity contribution < 1.29 is 9.47 Å². The number of nitrogens with zero attached hydrogens (tertiary/aromatic N) is 2. The summed E-state index contributed by atoms with van der Waals surface area (Å²) in [5.41, 5.74) is 2.49. The summed E-state index contributed by atoms with van der Waals surface area (Å²) in [4.78, 5) is 5.07. The molecule has 2 aliphatic heterocycles. The van der Waals surface area contributed by atoms with E-state index in [1.807, 2.05) is 0 Å². The quantitative estimate of drug-likeness (QED) is 0.826. The Kier molecular flexibility index (Phi) is 4.48. The molecule has 2 atom stereocenters. The largest absolute Gasteiger partial charge is 0.496 e. The first kappa shape index (κ1) is 14.8. The average Bonchev–Trinajstić information content (AvgIpc) is 2.96. The Morgan fingerprint density at radius 2 is 1.81 bits per heavy atom. The summed E-state index contributed by atoms with van der Waals surface area (Å²) in [6.07, 6.45) is 0. The maximum atomic E-state index is 5.40. The molecule has 0 aromatic heterocycles. The second-order valence-electron chi connectivity index (χ2n) is 6.51. The lowest BCUT2D eigenvalue weighted by Crippen LogP contribution is -2.26. The fraction of sp³-hybridized carbons (Fsp3) is 0.647. The van der Waals surface area contributed by atoms with Gasteiger partial charge in [0.15, 0.2) is 0 Å². The minimum absolute atomic E-state index is 0.604. The van der Waals surface area contributed by atoms with Crippen LogP contribution in [0.1, 0.15) is 11.1 Å². The molecule has 0 radical (unpaired) electrons. The van der Waals surface area contributed by atoms with Gasteiger partial charge in [0, 0.05) is 45.4 Å². The molecule has 0 saturated carbocycles. The molecule has 0 unspecified atom stereocenters. The second kappa shape index (κ2) is 6.34. The van der Waals surface area contributed by atoms with Crippen molar-refractivity contribution in [2.24, 2.45) is 11.8 Å². The first-order valence-corrected chi connectivity index (χ1v) is 7.75. The molecule has 3 rings (SSSR count). The van der Waals surface area contributed by atoms with Gasteiger partial charge < -0.3 is 14.4 Å². The first-order valence-electron chi connectivity index (χ1n) is 7.75. The van der Waals surface area contributed by atoms with Gasteiger partial charge in [0.25, 0.3) is 0 Å². The molecule has 2 fully saturated rings. The third-order valence-corrected chi connectivity index (χ3v) is 4.80. The zero-order valence-corrected chi connectivity index (χ0v) is 13.3. The van der Waals surface area contributed by atoms with E-state index in [9.17, 15) is 0 Å². The summed E-state index contributed by atoms with van der Waals surface area (Å²) in [5, 5.41) is 0. The van der Waals surface area contributed by atoms with Crippen LogP contribution in [0.25, 0.3) is 0 Å². The number of hydrogen-bond donors (Lipinski definition) is 0. The monoisotopic (exact) mass is 290 g/mol. The van der Waals surface area contributed by atoms with Gasteiger partial charge in [0.2, 0.25) is 0 Å². The fourth-order valence-electron chi connectivity index (χ4n) is 3.91. The second-order valence-corrected chi connectivity index (χ2v) is 6.51. The highest BCUT2D eigenvalue weighted by atomic mass is 16.5. The molecule has 0 spiro atoms. The maximum absolute atomic E-state index is 5.40. The topological polar surface area (TPSA) is 24.9 Å². The van der Waals surface area contributed by atoms with Crippen molar-refractivity contribution >= 4 is 0 Å². The summed E-state index contributed by atoms with van der Waals surface area (Å²) in [6.45, 7) is 6.64. The molecule has 2 heterocycles. The van der Waals surface area contributed by atoms with Gasteiger partial charge in [-0.15, -0.1) is 0 Å². The van der Waals surface area contributed by atoms with E-state index in [4.69, 9.17) is 9.47 Å². The Hall–Kier alpha value is -1.10. The summed E-state index contributed by atoms with van der Waals surface area (Å²) < 4.78 is 10.7. The predicted octanol–water partition coefficient (Wildman–Crippen LogP) is 1.83. The van der Waals surface area contributed by atoms with Gasteiger partial charge >= 0.3 is 0 Å². The van der Waals surface area contributed by atoms with Gasteiger partial charge in [-0.2, -0.15) is 0 Å². The highest BCUT2D eigenvalue weighted by molar-refractivity contribution is 5.37. The van der Waals surface area contributed by atoms with Crippen molar-refractivity contribution in [2.75, 3.05) is 47.4 Å². The van der Waals surface area contributed by atoms with Crippen molar-refractivity contribution in [1.82, 2.24) is 9.80 Å². The Bertz CT molecular complexity index is 478. The lowest BCUT2D eigenvalue weighted by Gasteiger charge is -2.19. The predicted molar refractivity (Wildman–Crippen MR) is 83.5 cm³/mol. The number of hydrogen-bond acceptors (Lipinski definition) is 4. The molecule has 4 heteroatoms. The molecule has 21 heavy (non-hydrogen) atoms. The minimum Gasteiger partial charge on any atom is -0.496 e. The summed E-state index contributed by atoms with van der Waals surface area (Å²) in [6, 6.07) is 6.47. The number of rotatable bonds is 5. The summed E-state index contributed by atoms with van der Waals surface area (Å²) >= 11 is 0. The highest BCUT2D eigenvalue weighted by Gasteiger charge is 2.38. The first-order chi connectivity index (χ1) is 10.2. The zero-order valence-electron chi connectivity index (χ0n) is 13.3. The Morgan fingerprint density at radius 3 is 2.43 bits per heavy atom. The van der Waals surface area contributed by atoms with Crippen LogP contribution in [0.15, 0.2) is 18.2 Å². The van der Waals surface area contributed by atoms with Crippen LogP contribution in [0.3, 0.4) is 0 Å². The average molecular weight is 290 g/mol. The van der Waals surface area contributed by atoms with Crippen molar-refractivity contribution in [3.8, 4) is 5.75 Å². The lowest BCUT2D eigenvalue weighted by molar-refractivity contribution is 0.181. The van der Waals surface area contributed by atoms with Crippen LogP contribution in [0.5, 0.6) is 5.75 Å². The van der Waals surface area contributed by atoms with E-state index in [1.54, 1.807) is 14.2 Å². The van der Waals surface area contributed by atoms with Gasteiger partial charge in [-0.05, 0) is 36.6 Å². The zero-order chi connectivity index (χ0) is 14.8. The molecule has 0 amide bonds. The summed E-state index contributed by atoms with van der Waals surface area (Å²) in [5.74, 6) is 2.65. The molecule has 2 aliphatic rings. The Morgan fingerprint density at radius 1 is 1.10 bits per heavy atom. The summed E-state index contributed by atoms with van der Waals surface area (Å²) in [7, 11) is 5.68. The van der Waals surface area contributed by atoms with Crippen molar-refractivity contribution in [1.29, 1.82) is 0 Å². The smallest absolute Gasteiger partial charge is 0.124 e. The number of fused-ring (bicyclic) bond motifs is 1. The highest BCUT2D eigenvalue weighted by Crippen LogP contribution is 2.31. The molecular weight excluding hydrogens is 264 g/mol. The lowest BCUT2D eigenvalue weighted by atomic mass is 10.0. The SMILES string of the molecule is COCc1cc(CN2C[C@H]3CN(C)C[C@H]3C2)ccc1OC. The van der Waals surface area contributed by atoms with Crippen molar-refractivity contribution in [3.63, 3.8) is 0 Å². The van der Waals surface area contributed by atoms with E-state index < -0.39 is 0 Å². The van der Waals surface area contributed by atoms with Crippen LogP contribution in [-0.2, 0) is 17.9 Å². The molecular formula is C17H26N2O2. The van der Waals surface area contributed by atoms with E-state index in [0.29, 0.717) is 6.61 Å². The minimum atomic E-state index is 0.604. The number of methoxy groups -OCH3 is 2. The van der Waals surface area contributed by atoms with Crippen LogP contribution >= 0.6 is 0 Å². The van der Waals surface area contributed by atoms with Crippen LogP contribution < -0.4 is 4.74 Å². The van der Waals surface area contributed by atoms with Gasteiger partial charge in [0.1, 0.15) is 5.75 Å². The standard InChI is InChI=1S/C17H26N2O2/c1-18-8-15-10-19(11-16(15)9-18)7-13-4-5-17(21-3)14(6-13)12-20-2/h4-6,15-16H,7-12H2,1-3H3/t15-,16+. The van der Waals surface area contributed by atoms with Crippen LogP contribution in [0.2, 0.25) is 0 Å². The van der Waals surface area contributed by atoms with Crippen molar-refractivity contribution in [3.05, 3.63) is 29.3 Å². The molecule has 1 aromatic rings. The maximum Gasteiger partial charge on any atom is 0.124 e. The van der Waals surface area contributed by atoms with Gasteiger partial charge in [-0.3, -0.25) is 4.90 Å². The Balaban J connectivity index is 1.64. The van der Waals surface area contributed by atoms with E-state index in [2.05, 4.69) is 35.0 Å². The third-order valence-electron chi connectivity index (χ3n) is 4.80. The molecule has 4 nitrogen and oxygen atoms in total. The van der Waals surface area contributed by atoms with Gasteiger partial charge in [0.05, 0.1) is 13.7 Å². The van der Waals surface area contributed by atoms with Gasteiger partial charge in [-0.25, -0.2) is 0 Å². The number of benzene rings is 1. The molecule has 0 bridgehead atoms. The number of ether oxygens (including phenoxy) is 2. The van der Waals surface area contributed by atoms with E-state index in [0.717, 1.165) is 29.7 Å². The fourth-order valence-corrected chi connectivity index (χ4v) is 3.91.